The molecule has 0 bridgehead atoms. The van der Waals surface area contributed by atoms with Crippen LogP contribution in [0.15, 0.2) is 0 Å². The van der Waals surface area contributed by atoms with Gasteiger partial charge in [0.25, 0.3) is 0 Å². The van der Waals surface area contributed by atoms with Crippen molar-refractivity contribution in [2.24, 2.45) is 0 Å². The third kappa shape index (κ3) is 2.61. The third-order valence-electron chi connectivity index (χ3n) is 4.42. The van der Waals surface area contributed by atoms with Crippen LogP contribution in [0.3, 0.4) is 0 Å². The predicted octanol–water partition coefficient (Wildman–Crippen LogP) is 0.827. The van der Waals surface area contributed by atoms with Gasteiger partial charge in [0.05, 0.1) is 13.2 Å². The zero-order chi connectivity index (χ0) is 13.4. The molecular weight excluding hydrogens is 264 g/mol. The summed E-state index contributed by atoms with van der Waals surface area (Å²) in [6.07, 6.45) is 3.75. The smallest absolute Gasteiger partial charge is 0.184 e. The van der Waals surface area contributed by atoms with Crippen LogP contribution in [-0.2, 0) is 28.4 Å². The van der Waals surface area contributed by atoms with E-state index in [0.29, 0.717) is 13.2 Å². The van der Waals surface area contributed by atoms with Gasteiger partial charge in [-0.3, -0.25) is 0 Å². The zero-order valence-corrected chi connectivity index (χ0v) is 11.6. The van der Waals surface area contributed by atoms with Crippen molar-refractivity contribution in [1.82, 2.24) is 0 Å². The fraction of sp³-hybridized carbons (Fsp3) is 1.00. The molecule has 0 N–H and O–H groups in total. The van der Waals surface area contributed by atoms with E-state index >= 15 is 0 Å². The fourth-order valence-electron chi connectivity index (χ4n) is 3.30. The summed E-state index contributed by atoms with van der Waals surface area (Å²) in [5.41, 5.74) is 0. The molecule has 0 aromatic heterocycles. The van der Waals surface area contributed by atoms with Crippen molar-refractivity contribution < 1.29 is 28.4 Å². The standard InChI is InChI=1S/C14H22O6/c1-3-9(15-5-1)13-17-7-11(19-13)12-8-18-14(20-12)10-4-2-6-16-10/h9-14H,1-8H2. The van der Waals surface area contributed by atoms with Crippen molar-refractivity contribution >= 4 is 0 Å². The van der Waals surface area contributed by atoms with E-state index < -0.39 is 0 Å². The average Bonchev–Trinajstić information content (AvgIpc) is 3.22. The first-order chi connectivity index (χ1) is 9.90. The Bertz CT molecular complexity index is 294. The third-order valence-corrected chi connectivity index (χ3v) is 4.42. The minimum Gasteiger partial charge on any atom is -0.373 e. The SMILES string of the molecule is C1COC(C2OCC(C3COC(C4CCCO4)O3)O2)C1. The molecule has 0 aliphatic carbocycles. The first-order valence-electron chi connectivity index (χ1n) is 7.67. The molecule has 4 rings (SSSR count). The van der Waals surface area contributed by atoms with E-state index in [4.69, 9.17) is 28.4 Å². The Morgan fingerprint density at radius 2 is 1.05 bits per heavy atom. The van der Waals surface area contributed by atoms with Crippen molar-refractivity contribution in [3.05, 3.63) is 0 Å². The second-order valence-electron chi connectivity index (χ2n) is 5.86. The zero-order valence-electron chi connectivity index (χ0n) is 11.6. The maximum Gasteiger partial charge on any atom is 0.184 e. The van der Waals surface area contributed by atoms with Crippen LogP contribution >= 0.6 is 0 Å². The Morgan fingerprint density at radius 1 is 0.550 bits per heavy atom. The minimum atomic E-state index is -0.243. The molecule has 4 aliphatic rings. The number of ether oxygens (including phenoxy) is 6. The molecule has 6 unspecified atom stereocenters. The van der Waals surface area contributed by atoms with Crippen molar-refractivity contribution in [3.8, 4) is 0 Å². The molecule has 4 aliphatic heterocycles. The van der Waals surface area contributed by atoms with Gasteiger partial charge in [0.15, 0.2) is 12.6 Å². The predicted molar refractivity (Wildman–Crippen MR) is 67.2 cm³/mol. The van der Waals surface area contributed by atoms with Crippen molar-refractivity contribution in [3.63, 3.8) is 0 Å². The highest BCUT2D eigenvalue weighted by molar-refractivity contribution is 4.84. The lowest BCUT2D eigenvalue weighted by molar-refractivity contribution is -0.163. The van der Waals surface area contributed by atoms with E-state index in [1.54, 1.807) is 0 Å². The monoisotopic (exact) mass is 286 g/mol. The summed E-state index contributed by atoms with van der Waals surface area (Å²) in [7, 11) is 0. The lowest BCUT2D eigenvalue weighted by atomic mass is 10.2. The Balaban J connectivity index is 1.29. The van der Waals surface area contributed by atoms with Crippen molar-refractivity contribution in [2.45, 2.75) is 62.7 Å². The van der Waals surface area contributed by atoms with E-state index in [2.05, 4.69) is 0 Å². The van der Waals surface area contributed by atoms with Crippen LogP contribution in [0, 0.1) is 0 Å². The van der Waals surface area contributed by atoms with Crippen LogP contribution < -0.4 is 0 Å². The van der Waals surface area contributed by atoms with E-state index in [1.807, 2.05) is 0 Å². The van der Waals surface area contributed by atoms with Crippen molar-refractivity contribution in [1.29, 1.82) is 0 Å². The highest BCUT2D eigenvalue weighted by Gasteiger charge is 2.44. The van der Waals surface area contributed by atoms with E-state index in [0.717, 1.165) is 38.9 Å². The molecule has 0 aromatic carbocycles. The molecule has 0 spiro atoms. The molecule has 114 valence electrons. The topological polar surface area (TPSA) is 55.4 Å². The van der Waals surface area contributed by atoms with Gasteiger partial charge in [-0.25, -0.2) is 0 Å². The Kier molecular flexibility index (Phi) is 3.94. The van der Waals surface area contributed by atoms with Crippen LogP contribution in [0.1, 0.15) is 25.7 Å². The largest absolute Gasteiger partial charge is 0.373 e. The molecule has 4 heterocycles. The Labute approximate surface area is 118 Å². The molecule has 4 fully saturated rings. The van der Waals surface area contributed by atoms with Gasteiger partial charge >= 0.3 is 0 Å². The molecular formula is C14H22O6. The van der Waals surface area contributed by atoms with E-state index in [-0.39, 0.29) is 37.0 Å². The van der Waals surface area contributed by atoms with Crippen LogP contribution in [0.4, 0.5) is 0 Å². The molecule has 6 atom stereocenters. The van der Waals surface area contributed by atoms with E-state index in [9.17, 15) is 0 Å². The first kappa shape index (κ1) is 13.4. The van der Waals surface area contributed by atoms with Gasteiger partial charge in [0, 0.05) is 13.2 Å². The van der Waals surface area contributed by atoms with E-state index in [1.165, 1.54) is 0 Å². The Hall–Kier alpha value is -0.240. The normalized spacial score (nSPS) is 49.2. The quantitative estimate of drug-likeness (QED) is 0.766. The van der Waals surface area contributed by atoms with Gasteiger partial charge in [0.1, 0.15) is 24.4 Å². The summed E-state index contributed by atoms with van der Waals surface area (Å²) in [5, 5.41) is 0. The van der Waals surface area contributed by atoms with Gasteiger partial charge in [-0.1, -0.05) is 0 Å². The maximum absolute atomic E-state index is 5.95. The van der Waals surface area contributed by atoms with Crippen LogP contribution in [-0.4, -0.2) is 63.4 Å². The summed E-state index contributed by atoms with van der Waals surface area (Å²) in [6.45, 7) is 2.72. The molecule has 0 radical (unpaired) electrons. The Morgan fingerprint density at radius 3 is 1.45 bits per heavy atom. The van der Waals surface area contributed by atoms with Gasteiger partial charge < -0.3 is 28.4 Å². The lowest BCUT2D eigenvalue weighted by Crippen LogP contribution is -2.34. The summed E-state index contributed by atoms with van der Waals surface area (Å²) in [4.78, 5) is 0. The molecule has 6 heteroatoms. The lowest BCUT2D eigenvalue weighted by Gasteiger charge is -2.20. The molecule has 4 saturated heterocycles. The maximum atomic E-state index is 5.95. The average molecular weight is 286 g/mol. The summed E-state index contributed by atoms with van der Waals surface area (Å²) in [6, 6.07) is 0. The summed E-state index contributed by atoms with van der Waals surface area (Å²) >= 11 is 0. The molecule has 20 heavy (non-hydrogen) atoms. The number of hydrogen-bond acceptors (Lipinski definition) is 6. The van der Waals surface area contributed by atoms with Crippen LogP contribution in [0.25, 0.3) is 0 Å². The molecule has 0 saturated carbocycles. The van der Waals surface area contributed by atoms with Gasteiger partial charge in [0.2, 0.25) is 0 Å². The first-order valence-corrected chi connectivity index (χ1v) is 7.67. The molecule has 6 nitrogen and oxygen atoms in total. The molecule has 0 amide bonds. The summed E-state index contributed by atoms with van der Waals surface area (Å²) in [5.74, 6) is 0. The fourth-order valence-corrected chi connectivity index (χ4v) is 3.30. The van der Waals surface area contributed by atoms with Crippen LogP contribution in [0.5, 0.6) is 0 Å². The summed E-state index contributed by atoms with van der Waals surface area (Å²) < 4.78 is 34.5. The highest BCUT2D eigenvalue weighted by Crippen LogP contribution is 2.30. The second-order valence-corrected chi connectivity index (χ2v) is 5.86. The number of hydrogen-bond donors (Lipinski definition) is 0. The minimum absolute atomic E-state index is 0.0596. The van der Waals surface area contributed by atoms with Gasteiger partial charge in [-0.05, 0) is 25.7 Å². The second kappa shape index (κ2) is 5.87. The number of rotatable bonds is 3. The van der Waals surface area contributed by atoms with Gasteiger partial charge in [-0.15, -0.1) is 0 Å². The van der Waals surface area contributed by atoms with Crippen LogP contribution in [0.2, 0.25) is 0 Å². The van der Waals surface area contributed by atoms with Crippen molar-refractivity contribution in [2.75, 3.05) is 26.4 Å². The van der Waals surface area contributed by atoms with Gasteiger partial charge in [-0.2, -0.15) is 0 Å². The highest BCUT2D eigenvalue weighted by atomic mass is 16.8. The molecule has 0 aromatic rings.